The van der Waals surface area contributed by atoms with Gasteiger partial charge in [-0.25, -0.2) is 11.0 Å². The Morgan fingerprint density at radius 1 is 1.21 bits per heavy atom. The molecule has 0 radical (unpaired) electrons. The number of aryl methyl sites for hydroxylation is 1. The summed E-state index contributed by atoms with van der Waals surface area (Å²) in [4.78, 5) is 61.1. The van der Waals surface area contributed by atoms with E-state index in [0.717, 1.165) is 24.0 Å². The zero-order valence-corrected chi connectivity index (χ0v) is 27.8. The number of halogens is 1. The van der Waals surface area contributed by atoms with E-state index in [1.807, 2.05) is 42.9 Å². The maximum absolute atomic E-state index is 15.1. The highest BCUT2D eigenvalue weighted by Gasteiger charge is 2.59. The minimum Gasteiger partial charge on any atom is -0.340 e. The SMILES string of the molecule is [C-]#[N+][C@@H]1C[C@@]2(CN1C(=O)[C@H](CC(C)C)N(C)C(=O)[C@H](C)NC(=O)c1cc(-c3cnn(C4CC4)c3)c(C)cc1F)C(=O)Nc1ccccc12. The quantitative estimate of drug-likeness (QED) is 0.325. The van der Waals surface area contributed by atoms with Crippen molar-refractivity contribution in [1.82, 2.24) is 24.9 Å². The fourth-order valence-electron chi connectivity index (χ4n) is 6.99. The average molecular weight is 654 g/mol. The predicted molar refractivity (Wildman–Crippen MR) is 177 cm³/mol. The number of nitrogens with one attached hydrogen (secondary N) is 2. The summed E-state index contributed by atoms with van der Waals surface area (Å²) in [5, 5.41) is 9.93. The molecule has 2 aliphatic heterocycles. The highest BCUT2D eigenvalue weighted by atomic mass is 19.1. The van der Waals surface area contributed by atoms with E-state index in [9.17, 15) is 19.2 Å². The number of likely N-dealkylation sites (tertiary alicyclic amines) is 1. The molecule has 2 fully saturated rings. The molecular weight excluding hydrogens is 613 g/mol. The molecule has 4 atom stereocenters. The largest absolute Gasteiger partial charge is 0.340 e. The van der Waals surface area contributed by atoms with E-state index in [1.165, 1.54) is 35.9 Å². The molecule has 11 nitrogen and oxygen atoms in total. The number of nitrogens with zero attached hydrogens (tertiary/aromatic N) is 5. The van der Waals surface area contributed by atoms with E-state index in [0.29, 0.717) is 29.3 Å². The number of likely N-dealkylation sites (N-methyl/N-ethyl adjacent to an activating group) is 1. The predicted octanol–water partition coefficient (Wildman–Crippen LogP) is 4.69. The molecule has 1 spiro atoms. The Bertz CT molecular complexity index is 1840. The summed E-state index contributed by atoms with van der Waals surface area (Å²) in [6, 6.07) is 8.38. The number of carbonyl (C=O) groups excluding carboxylic acids is 4. The summed E-state index contributed by atoms with van der Waals surface area (Å²) in [6.45, 7) is 15.0. The van der Waals surface area contributed by atoms with Gasteiger partial charge in [0.2, 0.25) is 11.8 Å². The van der Waals surface area contributed by atoms with E-state index >= 15 is 4.39 Å². The third-order valence-electron chi connectivity index (χ3n) is 9.79. The van der Waals surface area contributed by atoms with Crippen molar-refractivity contribution >= 4 is 29.3 Å². The van der Waals surface area contributed by atoms with Gasteiger partial charge in [0.25, 0.3) is 11.8 Å². The Morgan fingerprint density at radius 2 is 1.94 bits per heavy atom. The van der Waals surface area contributed by atoms with Gasteiger partial charge in [0, 0.05) is 31.0 Å². The first-order chi connectivity index (χ1) is 22.8. The van der Waals surface area contributed by atoms with E-state index in [4.69, 9.17) is 6.57 Å². The molecule has 12 heteroatoms. The van der Waals surface area contributed by atoms with Crippen molar-refractivity contribution in [1.29, 1.82) is 0 Å². The van der Waals surface area contributed by atoms with Crippen LogP contribution in [0.2, 0.25) is 0 Å². The Hall–Kier alpha value is -5.05. The molecule has 3 aromatic rings. The van der Waals surface area contributed by atoms with Gasteiger partial charge in [-0.1, -0.05) is 32.0 Å². The molecule has 3 heterocycles. The first-order valence-corrected chi connectivity index (χ1v) is 16.3. The van der Waals surface area contributed by atoms with Crippen LogP contribution in [0, 0.1) is 25.2 Å². The normalized spacial score (nSPS) is 21.1. The molecule has 6 rings (SSSR count). The first-order valence-electron chi connectivity index (χ1n) is 16.3. The van der Waals surface area contributed by atoms with Crippen LogP contribution in [0.1, 0.15) is 74.0 Å². The van der Waals surface area contributed by atoms with Crippen LogP contribution in [0.25, 0.3) is 16.0 Å². The van der Waals surface area contributed by atoms with Crippen molar-refractivity contribution in [3.8, 4) is 11.1 Å². The van der Waals surface area contributed by atoms with Crippen LogP contribution in [-0.2, 0) is 19.8 Å². The van der Waals surface area contributed by atoms with Crippen LogP contribution in [0.3, 0.4) is 0 Å². The van der Waals surface area contributed by atoms with Crippen LogP contribution < -0.4 is 10.6 Å². The molecule has 2 aromatic carbocycles. The summed E-state index contributed by atoms with van der Waals surface area (Å²) in [5.41, 5.74) is 2.25. The number of hydrogen-bond donors (Lipinski definition) is 2. The molecule has 48 heavy (non-hydrogen) atoms. The molecule has 1 saturated carbocycles. The maximum Gasteiger partial charge on any atom is 0.302 e. The number of amides is 4. The Balaban J connectivity index is 1.20. The molecular formula is C36H40FN7O4. The number of carbonyl (C=O) groups is 4. The van der Waals surface area contributed by atoms with Crippen molar-refractivity contribution in [2.45, 2.75) is 83.1 Å². The topological polar surface area (TPSA) is 121 Å². The Morgan fingerprint density at radius 3 is 2.62 bits per heavy atom. The minimum atomic E-state index is -1.10. The van der Waals surface area contributed by atoms with E-state index in [2.05, 4.69) is 20.6 Å². The molecule has 3 aliphatic rings. The molecule has 0 bridgehead atoms. The van der Waals surface area contributed by atoms with Gasteiger partial charge in [0.05, 0.1) is 24.2 Å². The van der Waals surface area contributed by atoms with Gasteiger partial charge >= 0.3 is 6.17 Å². The number of para-hydroxylation sites is 1. The third-order valence-corrected chi connectivity index (χ3v) is 9.79. The number of aromatic nitrogens is 2. The van der Waals surface area contributed by atoms with Gasteiger partial charge in [-0.05, 0) is 73.9 Å². The number of anilines is 1. The third kappa shape index (κ3) is 5.82. The Labute approximate surface area is 279 Å². The fourth-order valence-corrected chi connectivity index (χ4v) is 6.99. The molecule has 2 N–H and O–H groups in total. The summed E-state index contributed by atoms with van der Waals surface area (Å²) in [5.74, 6) is -2.70. The monoisotopic (exact) mass is 653 g/mol. The van der Waals surface area contributed by atoms with Gasteiger partial charge in [-0.2, -0.15) is 5.10 Å². The fraction of sp³-hybridized carbons (Fsp3) is 0.444. The van der Waals surface area contributed by atoms with Gasteiger partial charge in [-0.15, -0.1) is 0 Å². The first kappa shape index (κ1) is 32.9. The molecule has 4 amide bonds. The van der Waals surface area contributed by atoms with Gasteiger partial charge in [-0.3, -0.25) is 33.6 Å². The second-order valence-corrected chi connectivity index (χ2v) is 13.7. The molecule has 0 unspecified atom stereocenters. The van der Waals surface area contributed by atoms with Crippen LogP contribution in [0.15, 0.2) is 48.8 Å². The van der Waals surface area contributed by atoms with Gasteiger partial charge < -0.3 is 15.5 Å². The summed E-state index contributed by atoms with van der Waals surface area (Å²) in [7, 11) is 1.49. The lowest BCUT2D eigenvalue weighted by Gasteiger charge is -2.33. The molecule has 1 aromatic heterocycles. The van der Waals surface area contributed by atoms with Crippen molar-refractivity contribution in [3.05, 3.63) is 82.7 Å². The molecule has 250 valence electrons. The van der Waals surface area contributed by atoms with Crippen LogP contribution in [-0.4, -0.2) is 75.1 Å². The van der Waals surface area contributed by atoms with Crippen LogP contribution in [0.5, 0.6) is 0 Å². The average Bonchev–Trinajstić information content (AvgIpc) is 3.54. The molecule has 1 saturated heterocycles. The lowest BCUT2D eigenvalue weighted by atomic mass is 9.80. The van der Waals surface area contributed by atoms with E-state index in [-0.39, 0.29) is 30.4 Å². The van der Waals surface area contributed by atoms with Gasteiger partial charge in [0.15, 0.2) is 0 Å². The Kier molecular flexibility index (Phi) is 8.58. The highest BCUT2D eigenvalue weighted by Crippen LogP contribution is 2.47. The van der Waals surface area contributed by atoms with Crippen molar-refractivity contribution in [2.75, 3.05) is 18.9 Å². The van der Waals surface area contributed by atoms with Crippen molar-refractivity contribution in [3.63, 3.8) is 0 Å². The van der Waals surface area contributed by atoms with Crippen molar-refractivity contribution in [2.24, 2.45) is 5.92 Å². The standard InChI is InChI=1S/C36H40FN7O4/c1-20(2)13-30(34(47)43-19-36(16-31(43)38-5)27-9-7-8-10-29(27)41-35(36)48)42(6)33(46)22(4)40-32(45)26-15-25(21(3)14-28(26)37)23-17-39-44(18-23)24-11-12-24/h7-10,14-15,17-18,20,22,24,30-31H,11-13,16,19H2,1-4,6H3,(H,40,45)(H,41,48)/t22-,30-,31-,36-/m0/s1. The smallest absolute Gasteiger partial charge is 0.302 e. The van der Waals surface area contributed by atoms with Crippen LogP contribution in [0.4, 0.5) is 10.1 Å². The second kappa shape index (κ2) is 12.5. The zero-order valence-electron chi connectivity index (χ0n) is 27.8. The van der Waals surface area contributed by atoms with E-state index < -0.39 is 47.2 Å². The summed E-state index contributed by atoms with van der Waals surface area (Å²) in [6.07, 6.45) is 5.27. The zero-order chi connectivity index (χ0) is 34.5. The summed E-state index contributed by atoms with van der Waals surface area (Å²) < 4.78 is 17.0. The summed E-state index contributed by atoms with van der Waals surface area (Å²) >= 11 is 0. The minimum absolute atomic E-state index is 0.00176. The van der Waals surface area contributed by atoms with Gasteiger partial charge in [0.1, 0.15) is 23.3 Å². The number of rotatable bonds is 9. The lowest BCUT2D eigenvalue weighted by Crippen LogP contribution is -2.55. The number of fused-ring (bicyclic) bond motifs is 2. The number of hydrogen-bond acceptors (Lipinski definition) is 5. The number of benzene rings is 2. The maximum atomic E-state index is 15.1. The lowest BCUT2D eigenvalue weighted by molar-refractivity contribution is -0.146. The molecule has 1 aliphatic carbocycles. The second-order valence-electron chi connectivity index (χ2n) is 13.7. The van der Waals surface area contributed by atoms with Crippen LogP contribution >= 0.6 is 0 Å². The van der Waals surface area contributed by atoms with E-state index in [1.54, 1.807) is 19.2 Å². The highest BCUT2D eigenvalue weighted by molar-refractivity contribution is 6.07. The van der Waals surface area contributed by atoms with Crippen molar-refractivity contribution < 1.29 is 23.6 Å².